The number of aryl methyl sites for hydroxylation is 1. The zero-order valence-corrected chi connectivity index (χ0v) is 14.1. The van der Waals surface area contributed by atoms with Gasteiger partial charge in [-0.1, -0.05) is 18.9 Å². The molecule has 0 heterocycles. The summed E-state index contributed by atoms with van der Waals surface area (Å²) in [5, 5.41) is 10.0. The van der Waals surface area contributed by atoms with Gasteiger partial charge in [0.15, 0.2) is 0 Å². The Balaban J connectivity index is 2.33. The summed E-state index contributed by atoms with van der Waals surface area (Å²) in [5.74, 6) is 0. The molecule has 2 rings (SSSR count). The van der Waals surface area contributed by atoms with Crippen molar-refractivity contribution in [3.05, 3.63) is 28.2 Å². The Hall–Kier alpha value is -0.430. The Bertz CT molecular complexity index is 588. The van der Waals surface area contributed by atoms with Crippen LogP contribution in [0.1, 0.15) is 31.2 Å². The molecule has 2 atom stereocenters. The van der Waals surface area contributed by atoms with Gasteiger partial charge in [-0.3, -0.25) is 0 Å². The molecular weight excluding hydrogens is 342 g/mol. The number of hydrogen-bond donors (Lipinski definition) is 1. The average molecular weight is 362 g/mol. The van der Waals surface area contributed by atoms with Crippen LogP contribution in [0.25, 0.3) is 0 Å². The quantitative estimate of drug-likeness (QED) is 0.900. The van der Waals surface area contributed by atoms with E-state index in [1.165, 1.54) is 4.31 Å². The van der Waals surface area contributed by atoms with E-state index in [4.69, 9.17) is 0 Å². The van der Waals surface area contributed by atoms with Crippen molar-refractivity contribution in [2.75, 3.05) is 7.05 Å². The summed E-state index contributed by atoms with van der Waals surface area (Å²) >= 11 is 3.32. The van der Waals surface area contributed by atoms with Crippen LogP contribution >= 0.6 is 15.9 Å². The fourth-order valence-electron chi connectivity index (χ4n) is 2.66. The van der Waals surface area contributed by atoms with Gasteiger partial charge in [-0.2, -0.15) is 4.31 Å². The molecule has 0 radical (unpaired) electrons. The first-order valence-corrected chi connectivity index (χ1v) is 8.99. The molecule has 0 spiro atoms. The second kappa shape index (κ2) is 6.13. The van der Waals surface area contributed by atoms with Gasteiger partial charge in [0.1, 0.15) is 0 Å². The number of hydrogen-bond acceptors (Lipinski definition) is 3. The molecule has 0 aromatic heterocycles. The van der Waals surface area contributed by atoms with Gasteiger partial charge in [0.2, 0.25) is 10.0 Å². The van der Waals surface area contributed by atoms with Gasteiger partial charge in [0, 0.05) is 11.5 Å². The maximum atomic E-state index is 12.7. The van der Waals surface area contributed by atoms with E-state index in [-0.39, 0.29) is 10.9 Å². The van der Waals surface area contributed by atoms with Crippen LogP contribution in [0.2, 0.25) is 0 Å². The van der Waals surface area contributed by atoms with Crippen molar-refractivity contribution in [1.82, 2.24) is 4.31 Å². The van der Waals surface area contributed by atoms with Crippen molar-refractivity contribution in [3.63, 3.8) is 0 Å². The molecule has 6 heteroatoms. The van der Waals surface area contributed by atoms with Crippen LogP contribution < -0.4 is 0 Å². The third-order valence-corrected chi connectivity index (χ3v) is 6.76. The van der Waals surface area contributed by atoms with Gasteiger partial charge in [-0.05, 0) is 53.4 Å². The summed E-state index contributed by atoms with van der Waals surface area (Å²) in [6, 6.07) is 4.85. The van der Waals surface area contributed by atoms with Crippen LogP contribution in [0.4, 0.5) is 0 Å². The largest absolute Gasteiger partial charge is 0.391 e. The number of aliphatic hydroxyl groups excluding tert-OH is 1. The average Bonchev–Trinajstić information content (AvgIpc) is 2.38. The van der Waals surface area contributed by atoms with Crippen molar-refractivity contribution < 1.29 is 13.5 Å². The first kappa shape index (κ1) is 15.9. The van der Waals surface area contributed by atoms with E-state index in [2.05, 4.69) is 15.9 Å². The molecule has 1 saturated carbocycles. The van der Waals surface area contributed by atoms with Crippen molar-refractivity contribution in [1.29, 1.82) is 0 Å². The van der Waals surface area contributed by atoms with Crippen LogP contribution in [0.3, 0.4) is 0 Å². The Labute approximate surface area is 129 Å². The molecule has 0 aliphatic heterocycles. The van der Waals surface area contributed by atoms with Gasteiger partial charge in [-0.15, -0.1) is 0 Å². The van der Waals surface area contributed by atoms with E-state index < -0.39 is 16.1 Å². The number of nitrogens with zero attached hydrogens (tertiary/aromatic N) is 1. The Morgan fingerprint density at radius 3 is 2.55 bits per heavy atom. The Morgan fingerprint density at radius 2 is 1.95 bits per heavy atom. The number of sulfonamides is 1. The second-order valence-electron chi connectivity index (χ2n) is 5.37. The third kappa shape index (κ3) is 3.08. The zero-order valence-electron chi connectivity index (χ0n) is 11.7. The van der Waals surface area contributed by atoms with E-state index in [1.807, 2.05) is 6.92 Å². The lowest BCUT2D eigenvalue weighted by atomic mass is 9.93. The minimum absolute atomic E-state index is 0.253. The normalized spacial score (nSPS) is 24.1. The van der Waals surface area contributed by atoms with Gasteiger partial charge in [0.05, 0.1) is 17.0 Å². The monoisotopic (exact) mass is 361 g/mol. The van der Waals surface area contributed by atoms with Gasteiger partial charge >= 0.3 is 0 Å². The molecule has 20 heavy (non-hydrogen) atoms. The van der Waals surface area contributed by atoms with Crippen LogP contribution in [0.15, 0.2) is 27.6 Å². The number of likely N-dealkylation sites (N-methyl/N-ethyl adjacent to an activating group) is 1. The van der Waals surface area contributed by atoms with Crippen LogP contribution in [0.5, 0.6) is 0 Å². The number of aliphatic hydroxyl groups is 1. The minimum atomic E-state index is -3.59. The SMILES string of the molecule is Cc1ccc(S(=O)(=O)N(C)C2CCCCC2O)c(Br)c1. The Kier molecular flexibility index (Phi) is 4.89. The molecule has 112 valence electrons. The van der Waals surface area contributed by atoms with Crippen molar-refractivity contribution in [2.24, 2.45) is 0 Å². The highest BCUT2D eigenvalue weighted by atomic mass is 79.9. The molecule has 1 aromatic carbocycles. The fourth-order valence-corrected chi connectivity index (χ4v) is 5.23. The van der Waals surface area contributed by atoms with Crippen LogP contribution in [0, 0.1) is 6.92 Å². The van der Waals surface area contributed by atoms with Crippen LogP contribution in [-0.2, 0) is 10.0 Å². The molecule has 0 saturated heterocycles. The number of halogens is 1. The lowest BCUT2D eigenvalue weighted by Crippen LogP contribution is -2.46. The van der Waals surface area contributed by atoms with E-state index in [1.54, 1.807) is 25.2 Å². The maximum absolute atomic E-state index is 12.7. The zero-order chi connectivity index (χ0) is 14.9. The summed E-state index contributed by atoms with van der Waals surface area (Å²) < 4.78 is 27.3. The van der Waals surface area contributed by atoms with Gasteiger partial charge in [0.25, 0.3) is 0 Å². The first-order valence-electron chi connectivity index (χ1n) is 6.76. The number of benzene rings is 1. The minimum Gasteiger partial charge on any atom is -0.391 e. The van der Waals surface area contributed by atoms with E-state index in [9.17, 15) is 13.5 Å². The summed E-state index contributed by atoms with van der Waals surface area (Å²) in [5.41, 5.74) is 0.996. The molecule has 1 N–H and O–H groups in total. The molecule has 1 aliphatic rings. The second-order valence-corrected chi connectivity index (χ2v) is 8.19. The van der Waals surface area contributed by atoms with Gasteiger partial charge < -0.3 is 5.11 Å². The summed E-state index contributed by atoms with van der Waals surface area (Å²) in [7, 11) is -2.04. The van der Waals surface area contributed by atoms with E-state index >= 15 is 0 Å². The third-order valence-electron chi connectivity index (χ3n) is 3.91. The summed E-state index contributed by atoms with van der Waals surface area (Å²) in [6.07, 6.45) is 2.71. The topological polar surface area (TPSA) is 57.6 Å². The maximum Gasteiger partial charge on any atom is 0.244 e. The molecule has 1 aliphatic carbocycles. The summed E-state index contributed by atoms with van der Waals surface area (Å²) in [6.45, 7) is 1.91. The first-order chi connectivity index (χ1) is 9.34. The molecule has 4 nitrogen and oxygen atoms in total. The predicted molar refractivity (Wildman–Crippen MR) is 82.1 cm³/mol. The van der Waals surface area contributed by atoms with Crippen molar-refractivity contribution >= 4 is 26.0 Å². The molecule has 1 fully saturated rings. The lowest BCUT2D eigenvalue weighted by molar-refractivity contribution is 0.0638. The summed E-state index contributed by atoms with van der Waals surface area (Å²) in [4.78, 5) is 0.253. The molecule has 2 unspecified atom stereocenters. The highest BCUT2D eigenvalue weighted by Crippen LogP contribution is 2.30. The van der Waals surface area contributed by atoms with E-state index in [0.717, 1.165) is 18.4 Å². The Morgan fingerprint density at radius 1 is 1.30 bits per heavy atom. The highest BCUT2D eigenvalue weighted by Gasteiger charge is 2.34. The number of rotatable bonds is 3. The fraction of sp³-hybridized carbons (Fsp3) is 0.571. The lowest BCUT2D eigenvalue weighted by Gasteiger charge is -2.34. The van der Waals surface area contributed by atoms with Crippen LogP contribution in [-0.4, -0.2) is 37.0 Å². The van der Waals surface area contributed by atoms with Gasteiger partial charge in [-0.25, -0.2) is 8.42 Å². The molecule has 0 amide bonds. The van der Waals surface area contributed by atoms with Crippen molar-refractivity contribution in [2.45, 2.75) is 49.6 Å². The van der Waals surface area contributed by atoms with Crippen molar-refractivity contribution in [3.8, 4) is 0 Å². The van der Waals surface area contributed by atoms with E-state index in [0.29, 0.717) is 17.3 Å². The smallest absolute Gasteiger partial charge is 0.244 e. The highest BCUT2D eigenvalue weighted by molar-refractivity contribution is 9.10. The predicted octanol–water partition coefficient (Wildman–Crippen LogP) is 2.68. The molecular formula is C14H20BrNO3S. The molecule has 0 bridgehead atoms. The standard InChI is InChI=1S/C14H20BrNO3S/c1-10-7-8-14(11(15)9-10)20(18,19)16(2)12-5-3-4-6-13(12)17/h7-9,12-13,17H,3-6H2,1-2H3. The molecule has 1 aromatic rings.